The van der Waals surface area contributed by atoms with Crippen LogP contribution in [0.3, 0.4) is 0 Å². The smallest absolute Gasteiger partial charge is 0.242 e. The second-order valence-electron chi connectivity index (χ2n) is 4.63. The van der Waals surface area contributed by atoms with Crippen molar-refractivity contribution in [3.63, 3.8) is 0 Å². The molecule has 0 bridgehead atoms. The first-order chi connectivity index (χ1) is 8.27. The number of carbonyl (C=O) groups is 1. The number of hydrogen-bond acceptors (Lipinski definition) is 2. The Morgan fingerprint density at radius 3 is 2.72 bits per heavy atom. The van der Waals surface area contributed by atoms with Crippen molar-refractivity contribution in [1.29, 1.82) is 5.26 Å². The molecule has 0 atom stereocenters. The van der Waals surface area contributed by atoms with Gasteiger partial charge < -0.3 is 4.90 Å². The molecule has 0 fully saturated rings. The number of rotatable bonds is 3. The Morgan fingerprint density at radius 1 is 1.56 bits per heavy atom. The lowest BCUT2D eigenvalue weighted by Crippen LogP contribution is -2.37. The van der Waals surface area contributed by atoms with Gasteiger partial charge in [0.15, 0.2) is 0 Å². The third-order valence-corrected chi connectivity index (χ3v) is 2.81. The topological polar surface area (TPSA) is 44.1 Å². The molecule has 0 spiro atoms. The fourth-order valence-corrected chi connectivity index (χ4v) is 1.71. The van der Waals surface area contributed by atoms with Crippen LogP contribution in [0.15, 0.2) is 18.2 Å². The molecule has 0 saturated heterocycles. The first-order valence-corrected chi connectivity index (χ1v) is 5.76. The Kier molecular flexibility index (Phi) is 4.31. The lowest BCUT2D eigenvalue weighted by atomic mass is 9.94. The second-order valence-corrected chi connectivity index (χ2v) is 5.07. The Balaban J connectivity index is 2.89. The molecule has 0 aliphatic heterocycles. The minimum atomic E-state index is -1.12. The van der Waals surface area contributed by atoms with Crippen LogP contribution in [0, 0.1) is 22.6 Å². The van der Waals surface area contributed by atoms with Gasteiger partial charge in [-0.15, -0.1) is 0 Å². The van der Waals surface area contributed by atoms with Crippen molar-refractivity contribution in [2.75, 3.05) is 7.05 Å². The van der Waals surface area contributed by atoms with Crippen molar-refractivity contribution >= 4 is 17.5 Å². The van der Waals surface area contributed by atoms with Crippen LogP contribution in [0.4, 0.5) is 4.39 Å². The molecular weight excluding hydrogens is 255 g/mol. The lowest BCUT2D eigenvalue weighted by Gasteiger charge is -2.24. The van der Waals surface area contributed by atoms with E-state index in [9.17, 15) is 9.18 Å². The molecular formula is C13H14ClFN2O. The highest BCUT2D eigenvalue weighted by Gasteiger charge is 2.30. The van der Waals surface area contributed by atoms with Crippen LogP contribution in [-0.4, -0.2) is 17.9 Å². The van der Waals surface area contributed by atoms with Crippen LogP contribution in [0.25, 0.3) is 0 Å². The minimum Gasteiger partial charge on any atom is -0.340 e. The lowest BCUT2D eigenvalue weighted by molar-refractivity contribution is -0.136. The summed E-state index contributed by atoms with van der Waals surface area (Å²) in [6.45, 7) is 3.14. The summed E-state index contributed by atoms with van der Waals surface area (Å²) in [5.41, 5.74) is -0.795. The van der Waals surface area contributed by atoms with Crippen LogP contribution in [-0.2, 0) is 11.3 Å². The summed E-state index contributed by atoms with van der Waals surface area (Å²) >= 11 is 5.77. The maximum absolute atomic E-state index is 13.5. The van der Waals surface area contributed by atoms with E-state index in [0.717, 1.165) is 0 Å². The molecule has 0 N–H and O–H groups in total. The Morgan fingerprint density at radius 2 is 2.17 bits per heavy atom. The quantitative estimate of drug-likeness (QED) is 0.846. The van der Waals surface area contributed by atoms with E-state index < -0.39 is 11.2 Å². The summed E-state index contributed by atoms with van der Waals surface area (Å²) < 4.78 is 13.5. The molecule has 18 heavy (non-hydrogen) atoms. The van der Waals surface area contributed by atoms with E-state index in [2.05, 4.69) is 0 Å². The fourth-order valence-electron chi connectivity index (χ4n) is 1.52. The van der Waals surface area contributed by atoms with Gasteiger partial charge in [0.05, 0.1) is 6.07 Å². The van der Waals surface area contributed by atoms with E-state index in [1.807, 2.05) is 6.07 Å². The highest BCUT2D eigenvalue weighted by molar-refractivity contribution is 6.30. The summed E-state index contributed by atoms with van der Waals surface area (Å²) in [6.07, 6.45) is 0. The van der Waals surface area contributed by atoms with Gasteiger partial charge in [0.25, 0.3) is 0 Å². The van der Waals surface area contributed by atoms with Gasteiger partial charge in [-0.25, -0.2) is 4.39 Å². The maximum atomic E-state index is 13.5. The van der Waals surface area contributed by atoms with Crippen LogP contribution in [0.1, 0.15) is 19.4 Å². The number of hydrogen-bond donors (Lipinski definition) is 0. The number of amides is 1. The third kappa shape index (κ3) is 3.21. The summed E-state index contributed by atoms with van der Waals surface area (Å²) in [6, 6.07) is 6.10. The van der Waals surface area contributed by atoms with Gasteiger partial charge >= 0.3 is 0 Å². The SMILES string of the molecule is CN(Cc1cc(Cl)ccc1F)C(=O)C(C)(C)C#N. The zero-order chi connectivity index (χ0) is 13.9. The first-order valence-electron chi connectivity index (χ1n) is 5.38. The van der Waals surface area contributed by atoms with Crippen molar-refractivity contribution in [3.8, 4) is 6.07 Å². The summed E-state index contributed by atoms with van der Waals surface area (Å²) in [5.74, 6) is -0.779. The van der Waals surface area contributed by atoms with Crippen LogP contribution in [0.2, 0.25) is 5.02 Å². The van der Waals surface area contributed by atoms with Crippen molar-refractivity contribution in [2.24, 2.45) is 5.41 Å². The molecule has 1 rings (SSSR count). The highest BCUT2D eigenvalue weighted by atomic mass is 35.5. The van der Waals surface area contributed by atoms with Crippen LogP contribution >= 0.6 is 11.6 Å². The molecule has 0 aliphatic carbocycles. The van der Waals surface area contributed by atoms with E-state index in [1.54, 1.807) is 0 Å². The van der Waals surface area contributed by atoms with E-state index in [1.165, 1.54) is 44.0 Å². The molecule has 0 heterocycles. The molecule has 0 aromatic heterocycles. The van der Waals surface area contributed by atoms with Gasteiger partial charge in [0, 0.05) is 24.2 Å². The van der Waals surface area contributed by atoms with E-state index in [-0.39, 0.29) is 12.5 Å². The van der Waals surface area contributed by atoms with Crippen LogP contribution in [0.5, 0.6) is 0 Å². The van der Waals surface area contributed by atoms with Gasteiger partial charge in [-0.2, -0.15) is 5.26 Å². The minimum absolute atomic E-state index is 0.0797. The average molecular weight is 269 g/mol. The molecule has 5 heteroatoms. The monoisotopic (exact) mass is 268 g/mol. The normalized spacial score (nSPS) is 10.9. The van der Waals surface area contributed by atoms with Crippen molar-refractivity contribution in [2.45, 2.75) is 20.4 Å². The summed E-state index contributed by atoms with van der Waals surface area (Å²) in [4.78, 5) is 13.3. The second kappa shape index (κ2) is 5.36. The van der Waals surface area contributed by atoms with Gasteiger partial charge in [0.1, 0.15) is 11.2 Å². The number of nitriles is 1. The predicted octanol–water partition coefficient (Wildman–Crippen LogP) is 2.99. The molecule has 0 unspecified atom stereocenters. The van der Waals surface area contributed by atoms with Gasteiger partial charge in [-0.3, -0.25) is 4.79 Å². The van der Waals surface area contributed by atoms with Crippen molar-refractivity contribution < 1.29 is 9.18 Å². The largest absolute Gasteiger partial charge is 0.340 e. The average Bonchev–Trinajstić information content (AvgIpc) is 2.32. The van der Waals surface area contributed by atoms with Crippen molar-refractivity contribution in [3.05, 3.63) is 34.6 Å². The number of benzene rings is 1. The predicted molar refractivity (Wildman–Crippen MR) is 67.3 cm³/mol. The summed E-state index contributed by atoms with van der Waals surface area (Å²) in [5, 5.41) is 9.29. The fraction of sp³-hybridized carbons (Fsp3) is 0.385. The first kappa shape index (κ1) is 14.5. The third-order valence-electron chi connectivity index (χ3n) is 2.58. The molecule has 1 aromatic carbocycles. The molecule has 0 aliphatic rings. The highest BCUT2D eigenvalue weighted by Crippen LogP contribution is 2.20. The van der Waals surface area contributed by atoms with E-state index in [0.29, 0.717) is 10.6 Å². The van der Waals surface area contributed by atoms with Crippen molar-refractivity contribution in [1.82, 2.24) is 4.90 Å². The maximum Gasteiger partial charge on any atom is 0.242 e. The molecule has 0 saturated carbocycles. The van der Waals surface area contributed by atoms with E-state index in [4.69, 9.17) is 16.9 Å². The van der Waals surface area contributed by atoms with Gasteiger partial charge in [-0.1, -0.05) is 11.6 Å². The zero-order valence-corrected chi connectivity index (χ0v) is 11.3. The van der Waals surface area contributed by atoms with Gasteiger partial charge in [-0.05, 0) is 32.0 Å². The Hall–Kier alpha value is -1.60. The summed E-state index contributed by atoms with van der Waals surface area (Å²) in [7, 11) is 1.53. The molecule has 1 aromatic rings. The Labute approximate surface area is 111 Å². The molecule has 1 amide bonds. The number of carbonyl (C=O) groups excluding carboxylic acids is 1. The Bertz CT molecular complexity index is 508. The van der Waals surface area contributed by atoms with Crippen LogP contribution < -0.4 is 0 Å². The van der Waals surface area contributed by atoms with E-state index >= 15 is 0 Å². The molecule has 3 nitrogen and oxygen atoms in total. The van der Waals surface area contributed by atoms with Gasteiger partial charge in [0.2, 0.25) is 5.91 Å². The zero-order valence-electron chi connectivity index (χ0n) is 10.5. The number of nitrogens with zero attached hydrogens (tertiary/aromatic N) is 2. The number of halogens is 2. The standard InChI is InChI=1S/C13H14ClFN2O/c1-13(2,8-16)12(18)17(3)7-9-6-10(14)4-5-11(9)15/h4-6H,7H2,1-3H3. The molecule has 96 valence electrons. The molecule has 0 radical (unpaired) electrons.